The van der Waals surface area contributed by atoms with Crippen molar-refractivity contribution in [2.75, 3.05) is 19.1 Å². The van der Waals surface area contributed by atoms with E-state index in [0.717, 1.165) is 25.2 Å². The van der Waals surface area contributed by atoms with Crippen LogP contribution < -0.4 is 10.6 Å². The molecule has 2 aromatic rings. The van der Waals surface area contributed by atoms with E-state index >= 15 is 0 Å². The van der Waals surface area contributed by atoms with Crippen LogP contribution in [0.25, 0.3) is 0 Å². The van der Waals surface area contributed by atoms with Crippen molar-refractivity contribution in [3.8, 4) is 6.07 Å². The van der Waals surface area contributed by atoms with Crippen molar-refractivity contribution in [3.63, 3.8) is 0 Å². The summed E-state index contributed by atoms with van der Waals surface area (Å²) >= 11 is 3.26. The number of nitrogens with zero attached hydrogens (tertiary/aromatic N) is 2. The van der Waals surface area contributed by atoms with Crippen LogP contribution in [0.4, 0.5) is 10.1 Å². The van der Waals surface area contributed by atoms with E-state index in [1.54, 1.807) is 30.3 Å². The van der Waals surface area contributed by atoms with Crippen molar-refractivity contribution < 1.29 is 23.5 Å². The summed E-state index contributed by atoms with van der Waals surface area (Å²) in [6.07, 6.45) is 0. The van der Waals surface area contributed by atoms with E-state index in [0.29, 0.717) is 10.0 Å². The zero-order chi connectivity index (χ0) is 22.7. The summed E-state index contributed by atoms with van der Waals surface area (Å²) < 4.78 is 25.1. The summed E-state index contributed by atoms with van der Waals surface area (Å²) in [6.45, 7) is 0. The van der Waals surface area contributed by atoms with Gasteiger partial charge in [0.25, 0.3) is 0 Å². The molecule has 0 saturated carbocycles. The third kappa shape index (κ3) is 3.90. The van der Waals surface area contributed by atoms with E-state index in [9.17, 15) is 19.2 Å². The lowest BCUT2D eigenvalue weighted by Gasteiger charge is -2.36. The first-order valence-electron chi connectivity index (χ1n) is 8.96. The largest absolute Gasteiger partial charge is 0.466 e. The summed E-state index contributed by atoms with van der Waals surface area (Å²) in [5, 5.41) is 9.93. The molecule has 0 bridgehead atoms. The highest BCUT2D eigenvalue weighted by molar-refractivity contribution is 9.10. The molecule has 0 fully saturated rings. The van der Waals surface area contributed by atoms with E-state index in [1.165, 1.54) is 12.1 Å². The van der Waals surface area contributed by atoms with Crippen LogP contribution in [0, 0.1) is 17.1 Å². The second kappa shape index (κ2) is 9.02. The minimum absolute atomic E-state index is 0.0429. The molecule has 9 heteroatoms. The van der Waals surface area contributed by atoms with Gasteiger partial charge in [-0.1, -0.05) is 46.3 Å². The first-order chi connectivity index (χ1) is 14.8. The molecule has 3 rings (SSSR count). The van der Waals surface area contributed by atoms with Crippen LogP contribution in [-0.4, -0.2) is 26.2 Å². The number of nitrogens with two attached hydrogens (primary N) is 1. The van der Waals surface area contributed by atoms with Crippen LogP contribution in [0.15, 0.2) is 75.7 Å². The van der Waals surface area contributed by atoms with Crippen molar-refractivity contribution in [1.29, 1.82) is 5.26 Å². The lowest BCUT2D eigenvalue weighted by molar-refractivity contribution is -0.139. The molecule has 7 nitrogen and oxygen atoms in total. The lowest BCUT2D eigenvalue weighted by atomic mass is 9.81. The predicted molar refractivity (Wildman–Crippen MR) is 114 cm³/mol. The van der Waals surface area contributed by atoms with Crippen LogP contribution >= 0.6 is 15.9 Å². The first kappa shape index (κ1) is 22.1. The molecular weight excluding hydrogens is 469 g/mol. The van der Waals surface area contributed by atoms with Crippen molar-refractivity contribution in [2.24, 2.45) is 5.73 Å². The molecular formula is C22H17BrFN3O4. The highest BCUT2D eigenvalue weighted by atomic mass is 79.9. The molecule has 1 heterocycles. The molecule has 0 aromatic heterocycles. The summed E-state index contributed by atoms with van der Waals surface area (Å²) in [7, 11) is 2.26. The molecule has 1 unspecified atom stereocenters. The van der Waals surface area contributed by atoms with Gasteiger partial charge in [0.05, 0.1) is 43.0 Å². The van der Waals surface area contributed by atoms with E-state index < -0.39 is 23.7 Å². The number of hydrogen-bond acceptors (Lipinski definition) is 7. The van der Waals surface area contributed by atoms with Gasteiger partial charge in [-0.2, -0.15) is 5.26 Å². The van der Waals surface area contributed by atoms with Crippen molar-refractivity contribution >= 4 is 33.6 Å². The van der Waals surface area contributed by atoms with Crippen LogP contribution in [0.2, 0.25) is 0 Å². The van der Waals surface area contributed by atoms with Gasteiger partial charge in [-0.15, -0.1) is 0 Å². The number of benzene rings is 2. The Morgan fingerprint density at radius 1 is 1.13 bits per heavy atom. The highest BCUT2D eigenvalue weighted by Crippen LogP contribution is 2.44. The Morgan fingerprint density at radius 3 is 2.35 bits per heavy atom. The Kier molecular flexibility index (Phi) is 6.42. The molecule has 1 atom stereocenters. The number of esters is 2. The van der Waals surface area contributed by atoms with Crippen molar-refractivity contribution in [3.05, 3.63) is 87.0 Å². The molecule has 2 N–H and O–H groups in total. The van der Waals surface area contributed by atoms with E-state index in [1.807, 2.05) is 6.07 Å². The van der Waals surface area contributed by atoms with Crippen LogP contribution in [0.1, 0.15) is 11.5 Å². The van der Waals surface area contributed by atoms with Gasteiger partial charge in [0, 0.05) is 4.47 Å². The zero-order valence-electron chi connectivity index (χ0n) is 16.6. The number of rotatable bonds is 4. The SMILES string of the molecule is COC(=O)C1=C(C(=O)OC)N(c2cc(Br)ccc2F)C(N)=C(C#N)C1c1ccccc1. The monoisotopic (exact) mass is 485 g/mol. The molecule has 0 amide bonds. The van der Waals surface area contributed by atoms with E-state index in [4.69, 9.17) is 15.2 Å². The normalized spacial score (nSPS) is 16.1. The summed E-state index contributed by atoms with van der Waals surface area (Å²) in [5.41, 5.74) is 6.12. The van der Waals surface area contributed by atoms with Crippen LogP contribution in [-0.2, 0) is 19.1 Å². The molecule has 0 saturated heterocycles. The lowest BCUT2D eigenvalue weighted by Crippen LogP contribution is -2.41. The Morgan fingerprint density at radius 2 is 1.77 bits per heavy atom. The van der Waals surface area contributed by atoms with Gasteiger partial charge in [0.1, 0.15) is 17.3 Å². The van der Waals surface area contributed by atoms with Crippen LogP contribution in [0.3, 0.4) is 0 Å². The van der Waals surface area contributed by atoms with Gasteiger partial charge in [-0.05, 0) is 23.8 Å². The molecule has 1 aliphatic rings. The number of anilines is 1. The van der Waals surface area contributed by atoms with Gasteiger partial charge in [-0.3, -0.25) is 4.90 Å². The summed E-state index contributed by atoms with van der Waals surface area (Å²) in [4.78, 5) is 26.8. The van der Waals surface area contributed by atoms with Gasteiger partial charge in [0.15, 0.2) is 0 Å². The Balaban J connectivity index is 2.45. The second-order valence-electron chi connectivity index (χ2n) is 6.43. The molecule has 0 radical (unpaired) electrons. The fourth-order valence-corrected chi connectivity index (χ4v) is 3.77. The minimum atomic E-state index is -1.01. The smallest absolute Gasteiger partial charge is 0.355 e. The average molecular weight is 486 g/mol. The highest BCUT2D eigenvalue weighted by Gasteiger charge is 2.43. The van der Waals surface area contributed by atoms with Gasteiger partial charge in [0.2, 0.25) is 0 Å². The molecule has 0 aliphatic carbocycles. The third-order valence-corrected chi connectivity index (χ3v) is 5.25. The summed E-state index contributed by atoms with van der Waals surface area (Å²) in [6, 6.07) is 14.6. The maximum atomic E-state index is 14.8. The topological polar surface area (TPSA) is 106 Å². The van der Waals surface area contributed by atoms with Gasteiger partial charge < -0.3 is 15.2 Å². The van der Waals surface area contributed by atoms with Crippen molar-refractivity contribution in [2.45, 2.75) is 5.92 Å². The molecule has 0 spiro atoms. The van der Waals surface area contributed by atoms with E-state index in [-0.39, 0.29) is 28.4 Å². The zero-order valence-corrected chi connectivity index (χ0v) is 18.1. The predicted octanol–water partition coefficient (Wildman–Crippen LogP) is 3.49. The number of nitriles is 1. The first-order valence-corrected chi connectivity index (χ1v) is 9.75. The number of carbonyl (C=O) groups excluding carboxylic acids is 2. The Labute approximate surface area is 186 Å². The maximum Gasteiger partial charge on any atom is 0.355 e. The fourth-order valence-electron chi connectivity index (χ4n) is 3.42. The number of allylic oxidation sites excluding steroid dienone is 1. The molecule has 31 heavy (non-hydrogen) atoms. The molecule has 2 aromatic carbocycles. The van der Waals surface area contributed by atoms with Crippen LogP contribution in [0.5, 0.6) is 0 Å². The Hall–Kier alpha value is -3.64. The molecule has 158 valence electrons. The molecule has 1 aliphatic heterocycles. The number of ether oxygens (including phenoxy) is 2. The number of halogens is 2. The quantitative estimate of drug-likeness (QED) is 0.660. The minimum Gasteiger partial charge on any atom is -0.466 e. The third-order valence-electron chi connectivity index (χ3n) is 4.76. The van der Waals surface area contributed by atoms with Gasteiger partial charge in [-0.25, -0.2) is 14.0 Å². The summed E-state index contributed by atoms with van der Waals surface area (Å²) in [5.74, 6) is -3.77. The number of methoxy groups -OCH3 is 2. The number of hydrogen-bond donors (Lipinski definition) is 1. The van der Waals surface area contributed by atoms with Gasteiger partial charge >= 0.3 is 11.9 Å². The van der Waals surface area contributed by atoms with Crippen molar-refractivity contribution in [1.82, 2.24) is 0 Å². The standard InChI is InChI=1S/C22H17BrFN3O4/c1-30-21(28)18-17(12-6-4-3-5-7-12)14(11-25)20(26)27(19(18)22(29)31-2)16-10-13(23)8-9-15(16)24/h3-10,17H,26H2,1-2H3. The fraction of sp³-hybridized carbons (Fsp3) is 0.136. The second-order valence-corrected chi connectivity index (χ2v) is 7.35. The number of carbonyl (C=O) groups is 2. The Bertz CT molecular complexity index is 1160. The average Bonchev–Trinajstić information content (AvgIpc) is 2.79. The maximum absolute atomic E-state index is 14.8. The van der Waals surface area contributed by atoms with E-state index in [2.05, 4.69) is 15.9 Å².